The highest BCUT2D eigenvalue weighted by atomic mass is 32.2. The maximum atomic E-state index is 12.1. The molecule has 104 valence electrons. The van der Waals surface area contributed by atoms with Gasteiger partial charge in [-0.2, -0.15) is 5.10 Å². The monoisotopic (exact) mass is 273 g/mol. The standard InChI is InChI=1S/C12H23N3O2S/c1-9(2)11(10(3)4)8-14-18(16,17)12-6-7-13-15(12)5/h6-7,9-11,14H,8H2,1-5H3. The van der Waals surface area contributed by atoms with Crippen molar-refractivity contribution < 1.29 is 8.42 Å². The van der Waals surface area contributed by atoms with E-state index in [1.165, 1.54) is 16.9 Å². The van der Waals surface area contributed by atoms with Crippen LogP contribution in [0.2, 0.25) is 0 Å². The smallest absolute Gasteiger partial charge is 0.256 e. The molecule has 0 spiro atoms. The molecule has 0 aliphatic carbocycles. The number of nitrogens with zero attached hydrogens (tertiary/aromatic N) is 2. The van der Waals surface area contributed by atoms with Crippen molar-refractivity contribution in [2.24, 2.45) is 24.8 Å². The summed E-state index contributed by atoms with van der Waals surface area (Å²) in [6, 6.07) is 1.50. The largest absolute Gasteiger partial charge is 0.257 e. The minimum absolute atomic E-state index is 0.203. The van der Waals surface area contributed by atoms with Gasteiger partial charge < -0.3 is 0 Å². The summed E-state index contributed by atoms with van der Waals surface area (Å²) >= 11 is 0. The fraction of sp³-hybridized carbons (Fsp3) is 0.750. The second-order valence-corrected chi connectivity index (χ2v) is 7.01. The average molecular weight is 273 g/mol. The van der Waals surface area contributed by atoms with Gasteiger partial charge in [-0.25, -0.2) is 13.1 Å². The van der Waals surface area contributed by atoms with Gasteiger partial charge in [0.05, 0.1) is 6.20 Å². The van der Waals surface area contributed by atoms with Crippen molar-refractivity contribution in [3.05, 3.63) is 12.3 Å². The normalized spacial score (nSPS) is 12.9. The van der Waals surface area contributed by atoms with Crippen molar-refractivity contribution in [2.45, 2.75) is 32.7 Å². The molecule has 1 aromatic rings. The highest BCUT2D eigenvalue weighted by Crippen LogP contribution is 2.20. The van der Waals surface area contributed by atoms with Crippen molar-refractivity contribution in [3.63, 3.8) is 0 Å². The molecule has 18 heavy (non-hydrogen) atoms. The lowest BCUT2D eigenvalue weighted by molar-refractivity contribution is 0.289. The first-order valence-electron chi connectivity index (χ1n) is 6.23. The minimum atomic E-state index is -3.46. The molecule has 0 aromatic carbocycles. The highest BCUT2D eigenvalue weighted by molar-refractivity contribution is 7.89. The van der Waals surface area contributed by atoms with Gasteiger partial charge in [0.15, 0.2) is 5.03 Å². The van der Waals surface area contributed by atoms with E-state index in [2.05, 4.69) is 37.5 Å². The molecule has 0 atom stereocenters. The highest BCUT2D eigenvalue weighted by Gasteiger charge is 2.23. The topological polar surface area (TPSA) is 64.0 Å². The molecule has 0 bridgehead atoms. The van der Waals surface area contributed by atoms with Gasteiger partial charge in [0, 0.05) is 13.6 Å². The lowest BCUT2D eigenvalue weighted by Gasteiger charge is -2.24. The fourth-order valence-corrected chi connectivity index (χ4v) is 3.34. The van der Waals surface area contributed by atoms with Crippen LogP contribution in [0.1, 0.15) is 27.7 Å². The van der Waals surface area contributed by atoms with Crippen LogP contribution in [0.4, 0.5) is 0 Å². The van der Waals surface area contributed by atoms with Crippen LogP contribution in [0, 0.1) is 17.8 Å². The quantitative estimate of drug-likeness (QED) is 0.856. The molecule has 0 fully saturated rings. The zero-order valence-corrected chi connectivity index (χ0v) is 12.5. The second-order valence-electron chi connectivity index (χ2n) is 5.30. The summed E-state index contributed by atoms with van der Waals surface area (Å²) in [6.45, 7) is 8.92. The molecule has 1 rings (SSSR count). The number of nitrogens with one attached hydrogen (secondary N) is 1. The average Bonchev–Trinajstić information content (AvgIpc) is 2.63. The Morgan fingerprint density at radius 2 is 1.83 bits per heavy atom. The lowest BCUT2D eigenvalue weighted by atomic mass is 9.86. The molecule has 0 amide bonds. The van der Waals surface area contributed by atoms with Crippen LogP contribution in [0.25, 0.3) is 0 Å². The van der Waals surface area contributed by atoms with Crippen LogP contribution in [-0.2, 0) is 17.1 Å². The van der Waals surface area contributed by atoms with Crippen LogP contribution < -0.4 is 4.72 Å². The Morgan fingerprint density at radius 1 is 1.28 bits per heavy atom. The maximum Gasteiger partial charge on any atom is 0.257 e. The zero-order valence-electron chi connectivity index (χ0n) is 11.7. The van der Waals surface area contributed by atoms with Crippen LogP contribution in [0.15, 0.2) is 17.3 Å². The van der Waals surface area contributed by atoms with E-state index >= 15 is 0 Å². The van der Waals surface area contributed by atoms with Crippen molar-refractivity contribution >= 4 is 10.0 Å². The van der Waals surface area contributed by atoms with Gasteiger partial charge in [0.2, 0.25) is 0 Å². The van der Waals surface area contributed by atoms with E-state index in [0.717, 1.165) is 0 Å². The van der Waals surface area contributed by atoms with Crippen molar-refractivity contribution in [1.82, 2.24) is 14.5 Å². The van der Waals surface area contributed by atoms with E-state index in [9.17, 15) is 8.42 Å². The van der Waals surface area contributed by atoms with Gasteiger partial charge in [0.1, 0.15) is 0 Å². The summed E-state index contributed by atoms with van der Waals surface area (Å²) in [5.74, 6) is 1.21. The number of sulfonamides is 1. The van der Waals surface area contributed by atoms with Crippen LogP contribution >= 0.6 is 0 Å². The summed E-state index contributed by atoms with van der Waals surface area (Å²) in [5, 5.41) is 4.08. The molecule has 0 unspecified atom stereocenters. The molecular formula is C12H23N3O2S. The first-order valence-corrected chi connectivity index (χ1v) is 7.71. The maximum absolute atomic E-state index is 12.1. The first kappa shape index (κ1) is 15.2. The van der Waals surface area contributed by atoms with Crippen LogP contribution in [0.5, 0.6) is 0 Å². The molecule has 1 N–H and O–H groups in total. The Kier molecular flexibility index (Phi) is 4.92. The molecule has 0 saturated heterocycles. The molecule has 1 heterocycles. The summed E-state index contributed by atoms with van der Waals surface area (Å²) in [7, 11) is -1.84. The predicted molar refractivity (Wildman–Crippen MR) is 71.6 cm³/mol. The van der Waals surface area contributed by atoms with Crippen molar-refractivity contribution in [3.8, 4) is 0 Å². The number of hydrogen-bond donors (Lipinski definition) is 1. The van der Waals surface area contributed by atoms with Gasteiger partial charge in [0.25, 0.3) is 10.0 Å². The van der Waals surface area contributed by atoms with E-state index in [4.69, 9.17) is 0 Å². The Labute approximate surface area is 110 Å². The minimum Gasteiger partial charge on any atom is -0.256 e. The van der Waals surface area contributed by atoms with Crippen LogP contribution in [0.3, 0.4) is 0 Å². The van der Waals surface area contributed by atoms with E-state index < -0.39 is 10.0 Å². The summed E-state index contributed by atoms with van der Waals surface area (Å²) in [6.07, 6.45) is 1.48. The first-order chi connectivity index (χ1) is 8.25. The van der Waals surface area contributed by atoms with E-state index in [0.29, 0.717) is 24.3 Å². The van der Waals surface area contributed by atoms with Crippen molar-refractivity contribution in [2.75, 3.05) is 6.54 Å². The van der Waals surface area contributed by atoms with Crippen molar-refractivity contribution in [1.29, 1.82) is 0 Å². The predicted octanol–water partition coefficient (Wildman–Crippen LogP) is 1.63. The molecule has 0 aliphatic rings. The Morgan fingerprint density at radius 3 is 2.22 bits per heavy atom. The number of aromatic nitrogens is 2. The molecule has 1 aromatic heterocycles. The molecule has 0 saturated carbocycles. The third-order valence-corrected chi connectivity index (χ3v) is 4.77. The lowest BCUT2D eigenvalue weighted by Crippen LogP contribution is -2.34. The summed E-state index contributed by atoms with van der Waals surface area (Å²) < 4.78 is 28.2. The van der Waals surface area contributed by atoms with E-state index in [-0.39, 0.29) is 5.03 Å². The van der Waals surface area contributed by atoms with E-state index in [1.54, 1.807) is 7.05 Å². The molecule has 6 heteroatoms. The second kappa shape index (κ2) is 5.84. The summed E-state index contributed by atoms with van der Waals surface area (Å²) in [4.78, 5) is 0. The Bertz CT molecular complexity index is 469. The fourth-order valence-electron chi connectivity index (χ4n) is 2.15. The van der Waals surface area contributed by atoms with Gasteiger partial charge in [-0.1, -0.05) is 27.7 Å². The Hall–Kier alpha value is -0.880. The third-order valence-electron chi connectivity index (χ3n) is 3.27. The Balaban J connectivity index is 2.76. The SMILES string of the molecule is CC(C)C(CNS(=O)(=O)c1ccnn1C)C(C)C. The molecule has 0 radical (unpaired) electrons. The number of rotatable bonds is 6. The van der Waals surface area contributed by atoms with Crippen LogP contribution in [-0.4, -0.2) is 24.7 Å². The van der Waals surface area contributed by atoms with E-state index in [1.807, 2.05) is 0 Å². The molecular weight excluding hydrogens is 250 g/mol. The van der Waals surface area contributed by atoms with Gasteiger partial charge >= 0.3 is 0 Å². The molecule has 0 aliphatic heterocycles. The third kappa shape index (κ3) is 3.55. The van der Waals surface area contributed by atoms with Gasteiger partial charge in [-0.05, 0) is 23.8 Å². The number of aryl methyl sites for hydroxylation is 1. The zero-order chi connectivity index (χ0) is 13.9. The number of hydrogen-bond acceptors (Lipinski definition) is 3. The van der Waals surface area contributed by atoms with Gasteiger partial charge in [-0.3, -0.25) is 4.68 Å². The molecule has 5 nitrogen and oxygen atoms in total. The van der Waals surface area contributed by atoms with Gasteiger partial charge in [-0.15, -0.1) is 0 Å². The summed E-state index contributed by atoms with van der Waals surface area (Å²) in [5.41, 5.74) is 0.